The SMILES string of the molecule is Cc1c(-c2ccccc2)c(-c2cccc(F)c2)nn1CC1CCC(COCC(=O)O)CC1. The average Bonchev–Trinajstić information content (AvgIpc) is 3.11. The summed E-state index contributed by atoms with van der Waals surface area (Å²) in [6.07, 6.45) is 4.20. The molecule has 0 spiro atoms. The van der Waals surface area contributed by atoms with Crippen molar-refractivity contribution in [3.8, 4) is 22.4 Å². The summed E-state index contributed by atoms with van der Waals surface area (Å²) in [6, 6.07) is 16.8. The van der Waals surface area contributed by atoms with E-state index in [0.717, 1.165) is 60.3 Å². The lowest BCUT2D eigenvalue weighted by molar-refractivity contribution is -0.142. The van der Waals surface area contributed by atoms with E-state index in [0.29, 0.717) is 18.4 Å². The molecular formula is C26H29FN2O3. The van der Waals surface area contributed by atoms with Crippen molar-refractivity contribution in [1.29, 1.82) is 0 Å². The van der Waals surface area contributed by atoms with E-state index >= 15 is 0 Å². The number of hydrogen-bond acceptors (Lipinski definition) is 3. The van der Waals surface area contributed by atoms with Crippen molar-refractivity contribution in [3.63, 3.8) is 0 Å². The lowest BCUT2D eigenvalue weighted by Gasteiger charge is -2.28. The number of carboxylic acids is 1. The number of rotatable bonds is 8. The van der Waals surface area contributed by atoms with E-state index in [2.05, 4.69) is 23.7 Å². The van der Waals surface area contributed by atoms with Crippen molar-refractivity contribution in [2.75, 3.05) is 13.2 Å². The summed E-state index contributed by atoms with van der Waals surface area (Å²) in [4.78, 5) is 10.6. The highest BCUT2D eigenvalue weighted by Crippen LogP contribution is 2.36. The van der Waals surface area contributed by atoms with Gasteiger partial charge in [-0.2, -0.15) is 5.10 Å². The average molecular weight is 437 g/mol. The minimum absolute atomic E-state index is 0.225. The molecule has 0 atom stereocenters. The second-order valence-electron chi connectivity index (χ2n) is 8.66. The molecule has 1 fully saturated rings. The Balaban J connectivity index is 1.52. The Morgan fingerprint density at radius 2 is 1.75 bits per heavy atom. The Labute approximate surface area is 187 Å². The Morgan fingerprint density at radius 3 is 2.44 bits per heavy atom. The highest BCUT2D eigenvalue weighted by Gasteiger charge is 2.24. The number of nitrogens with zero attached hydrogens (tertiary/aromatic N) is 2. The first-order valence-corrected chi connectivity index (χ1v) is 11.2. The molecule has 1 N–H and O–H groups in total. The molecule has 0 bridgehead atoms. The summed E-state index contributed by atoms with van der Waals surface area (Å²) < 4.78 is 21.3. The van der Waals surface area contributed by atoms with Gasteiger partial charge in [-0.1, -0.05) is 42.5 Å². The van der Waals surface area contributed by atoms with Crippen LogP contribution < -0.4 is 0 Å². The molecule has 1 heterocycles. The number of ether oxygens (including phenoxy) is 1. The van der Waals surface area contributed by atoms with Gasteiger partial charge >= 0.3 is 5.97 Å². The zero-order valence-corrected chi connectivity index (χ0v) is 18.3. The molecule has 1 aromatic heterocycles. The first-order chi connectivity index (χ1) is 15.5. The Hall–Kier alpha value is -2.99. The van der Waals surface area contributed by atoms with Crippen LogP contribution in [0.2, 0.25) is 0 Å². The van der Waals surface area contributed by atoms with Crippen LogP contribution in [0.5, 0.6) is 0 Å². The normalized spacial score (nSPS) is 18.6. The summed E-state index contributed by atoms with van der Waals surface area (Å²) in [5.41, 5.74) is 4.80. The quantitative estimate of drug-likeness (QED) is 0.501. The molecule has 32 heavy (non-hydrogen) atoms. The molecule has 0 unspecified atom stereocenters. The molecule has 0 radical (unpaired) electrons. The van der Waals surface area contributed by atoms with E-state index < -0.39 is 5.97 Å². The van der Waals surface area contributed by atoms with Crippen LogP contribution in [-0.4, -0.2) is 34.1 Å². The van der Waals surface area contributed by atoms with Gasteiger partial charge in [0.1, 0.15) is 18.1 Å². The minimum atomic E-state index is -0.920. The molecular weight excluding hydrogens is 407 g/mol. The fourth-order valence-corrected chi connectivity index (χ4v) is 4.65. The third kappa shape index (κ3) is 5.25. The molecule has 1 aliphatic carbocycles. The van der Waals surface area contributed by atoms with E-state index in [1.54, 1.807) is 12.1 Å². The molecule has 2 aromatic carbocycles. The second-order valence-corrected chi connectivity index (χ2v) is 8.66. The number of halogens is 1. The monoisotopic (exact) mass is 436 g/mol. The first-order valence-electron chi connectivity index (χ1n) is 11.2. The van der Waals surface area contributed by atoms with Gasteiger partial charge in [-0.3, -0.25) is 4.68 Å². The summed E-state index contributed by atoms with van der Waals surface area (Å²) in [7, 11) is 0. The lowest BCUT2D eigenvalue weighted by atomic mass is 9.82. The smallest absolute Gasteiger partial charge is 0.329 e. The largest absolute Gasteiger partial charge is 0.480 e. The number of hydrogen-bond donors (Lipinski definition) is 1. The Morgan fingerprint density at radius 1 is 1.06 bits per heavy atom. The third-order valence-electron chi connectivity index (χ3n) is 6.34. The van der Waals surface area contributed by atoms with E-state index in [1.165, 1.54) is 6.07 Å². The number of aromatic nitrogens is 2. The fourth-order valence-electron chi connectivity index (χ4n) is 4.65. The van der Waals surface area contributed by atoms with E-state index in [1.807, 2.05) is 24.3 Å². The maximum atomic E-state index is 14.0. The molecule has 3 aromatic rings. The molecule has 4 rings (SSSR count). The van der Waals surface area contributed by atoms with Gasteiger partial charge < -0.3 is 9.84 Å². The number of carboxylic acid groups (broad SMARTS) is 1. The molecule has 1 aliphatic rings. The van der Waals surface area contributed by atoms with E-state index in [-0.39, 0.29) is 12.4 Å². The highest BCUT2D eigenvalue weighted by atomic mass is 19.1. The van der Waals surface area contributed by atoms with Crippen LogP contribution in [0, 0.1) is 24.6 Å². The van der Waals surface area contributed by atoms with Crippen molar-refractivity contribution >= 4 is 5.97 Å². The summed E-state index contributed by atoms with van der Waals surface area (Å²) in [6.45, 7) is 3.20. The minimum Gasteiger partial charge on any atom is -0.480 e. The van der Waals surface area contributed by atoms with Gasteiger partial charge in [0.05, 0.1) is 6.61 Å². The molecule has 6 heteroatoms. The van der Waals surface area contributed by atoms with Gasteiger partial charge in [0, 0.05) is 23.4 Å². The van der Waals surface area contributed by atoms with Crippen molar-refractivity contribution in [3.05, 3.63) is 66.1 Å². The summed E-state index contributed by atoms with van der Waals surface area (Å²) >= 11 is 0. The molecule has 5 nitrogen and oxygen atoms in total. The number of benzene rings is 2. The summed E-state index contributed by atoms with van der Waals surface area (Å²) in [5, 5.41) is 13.7. The Kier molecular flexibility index (Phi) is 7.00. The van der Waals surface area contributed by atoms with Gasteiger partial charge in [0.25, 0.3) is 0 Å². The van der Waals surface area contributed by atoms with Crippen LogP contribution in [0.15, 0.2) is 54.6 Å². The topological polar surface area (TPSA) is 64.4 Å². The van der Waals surface area contributed by atoms with Crippen molar-refractivity contribution < 1.29 is 19.0 Å². The highest BCUT2D eigenvalue weighted by molar-refractivity contribution is 5.82. The molecule has 0 aliphatic heterocycles. The third-order valence-corrected chi connectivity index (χ3v) is 6.34. The molecule has 0 saturated heterocycles. The van der Waals surface area contributed by atoms with E-state index in [4.69, 9.17) is 14.9 Å². The maximum Gasteiger partial charge on any atom is 0.329 e. The van der Waals surface area contributed by atoms with Crippen molar-refractivity contribution in [2.45, 2.75) is 39.2 Å². The Bertz CT molecular complexity index is 1060. The van der Waals surface area contributed by atoms with Crippen molar-refractivity contribution in [1.82, 2.24) is 9.78 Å². The van der Waals surface area contributed by atoms with E-state index in [9.17, 15) is 9.18 Å². The van der Waals surface area contributed by atoms with Gasteiger partial charge in [-0.15, -0.1) is 0 Å². The van der Waals surface area contributed by atoms with Crippen LogP contribution >= 0.6 is 0 Å². The van der Waals surface area contributed by atoms with Crippen LogP contribution in [0.25, 0.3) is 22.4 Å². The zero-order chi connectivity index (χ0) is 22.5. The first kappa shape index (κ1) is 22.2. The van der Waals surface area contributed by atoms with Crippen LogP contribution in [-0.2, 0) is 16.1 Å². The van der Waals surface area contributed by atoms with Gasteiger partial charge in [-0.25, -0.2) is 9.18 Å². The van der Waals surface area contributed by atoms with Gasteiger partial charge in [-0.05, 0) is 62.1 Å². The lowest BCUT2D eigenvalue weighted by Crippen LogP contribution is -2.23. The number of carbonyl (C=O) groups is 1. The van der Waals surface area contributed by atoms with Gasteiger partial charge in [0.2, 0.25) is 0 Å². The zero-order valence-electron chi connectivity index (χ0n) is 18.3. The van der Waals surface area contributed by atoms with Crippen molar-refractivity contribution in [2.24, 2.45) is 11.8 Å². The van der Waals surface area contributed by atoms with Gasteiger partial charge in [0.15, 0.2) is 0 Å². The number of aliphatic carboxylic acids is 1. The predicted octanol–water partition coefficient (Wildman–Crippen LogP) is 5.57. The van der Waals surface area contributed by atoms with Crippen LogP contribution in [0.1, 0.15) is 31.4 Å². The maximum absolute atomic E-state index is 14.0. The second kappa shape index (κ2) is 10.1. The summed E-state index contributed by atoms with van der Waals surface area (Å²) in [5.74, 6) is -0.256. The fraction of sp³-hybridized carbons (Fsp3) is 0.385. The molecule has 0 amide bonds. The molecule has 1 saturated carbocycles. The van der Waals surface area contributed by atoms with Crippen LogP contribution in [0.4, 0.5) is 4.39 Å². The standard InChI is InChI=1S/C26H29FN2O3/c1-18-25(21-6-3-2-4-7-21)26(22-8-5-9-23(27)14-22)28-29(18)15-19-10-12-20(13-11-19)16-32-17-24(30)31/h2-9,14,19-20H,10-13,15-17H2,1H3,(H,30,31). The molecule has 168 valence electrons. The van der Waals surface area contributed by atoms with Crippen LogP contribution in [0.3, 0.4) is 0 Å². The predicted molar refractivity (Wildman–Crippen MR) is 122 cm³/mol.